The zero-order chi connectivity index (χ0) is 18.4. The molecule has 2 heterocycles. The van der Waals surface area contributed by atoms with Crippen molar-refractivity contribution < 1.29 is 9.59 Å². The van der Waals surface area contributed by atoms with Crippen molar-refractivity contribution in [2.24, 2.45) is 17.8 Å². The van der Waals surface area contributed by atoms with Gasteiger partial charge < -0.3 is 5.32 Å². The predicted molar refractivity (Wildman–Crippen MR) is 105 cm³/mol. The van der Waals surface area contributed by atoms with Gasteiger partial charge in [0.25, 0.3) is 0 Å². The van der Waals surface area contributed by atoms with Crippen LogP contribution in [0, 0.1) is 17.8 Å². The van der Waals surface area contributed by atoms with Gasteiger partial charge in [-0.25, -0.2) is 4.79 Å². The monoisotopic (exact) mass is 387 g/mol. The maximum atomic E-state index is 12.6. The molecule has 4 saturated carbocycles. The third-order valence-electron chi connectivity index (χ3n) is 7.25. The third kappa shape index (κ3) is 3.54. The van der Waals surface area contributed by atoms with E-state index in [1.807, 2.05) is 0 Å². The molecule has 27 heavy (non-hydrogen) atoms. The maximum absolute atomic E-state index is 12.6. The Kier molecular flexibility index (Phi) is 4.51. The second-order valence-corrected chi connectivity index (χ2v) is 10.3. The fraction of sp³-hybridized carbons (Fsp3) is 0.714. The number of hydrogen-bond donors (Lipinski definition) is 2. The Balaban J connectivity index is 1.16. The molecule has 0 unspecified atom stereocenters. The minimum Gasteiger partial charge on any atom is -0.332 e. The summed E-state index contributed by atoms with van der Waals surface area (Å²) in [4.78, 5) is 28.6. The lowest BCUT2D eigenvalue weighted by Crippen LogP contribution is -2.62. The van der Waals surface area contributed by atoms with Gasteiger partial charge in [0.2, 0.25) is 5.91 Å². The second kappa shape index (κ2) is 6.89. The van der Waals surface area contributed by atoms with Crippen molar-refractivity contribution >= 4 is 23.3 Å². The number of nitrogens with zero attached hydrogens (tertiary/aromatic N) is 1. The Bertz CT molecular complexity index is 682. The zero-order valence-electron chi connectivity index (χ0n) is 15.8. The molecule has 1 saturated heterocycles. The van der Waals surface area contributed by atoms with Crippen molar-refractivity contribution in [1.82, 2.24) is 15.5 Å². The number of likely N-dealkylation sites (tertiary alicyclic amines) is 1. The number of urea groups is 1. The maximum Gasteiger partial charge on any atom is 0.321 e. The van der Waals surface area contributed by atoms with E-state index in [1.165, 1.54) is 24.1 Å². The SMILES string of the molecule is O=C(CN1CCC[C@H]1c1cccs1)NC(=O)NC12CC3CC(CC(C3)C1)C2. The molecule has 0 aromatic carbocycles. The average Bonchev–Trinajstić information content (AvgIpc) is 3.23. The molecular weight excluding hydrogens is 358 g/mol. The highest BCUT2D eigenvalue weighted by atomic mass is 32.1. The van der Waals surface area contributed by atoms with Gasteiger partial charge in [0, 0.05) is 16.5 Å². The number of nitrogens with one attached hydrogen (secondary N) is 2. The quantitative estimate of drug-likeness (QED) is 0.828. The first kappa shape index (κ1) is 17.7. The van der Waals surface area contributed by atoms with Crippen molar-refractivity contribution in [2.75, 3.05) is 13.1 Å². The molecule has 5 fully saturated rings. The van der Waals surface area contributed by atoms with E-state index in [4.69, 9.17) is 0 Å². The van der Waals surface area contributed by atoms with Gasteiger partial charge in [0.15, 0.2) is 0 Å². The Morgan fingerprint density at radius 2 is 1.85 bits per heavy atom. The van der Waals surface area contributed by atoms with Crippen LogP contribution in [-0.4, -0.2) is 35.5 Å². The molecule has 4 aliphatic carbocycles. The van der Waals surface area contributed by atoms with Gasteiger partial charge in [-0.15, -0.1) is 11.3 Å². The molecule has 0 spiro atoms. The predicted octanol–water partition coefficient (Wildman–Crippen LogP) is 3.68. The van der Waals surface area contributed by atoms with E-state index < -0.39 is 0 Å². The number of imide groups is 1. The number of thiophene rings is 1. The molecule has 6 rings (SSSR count). The van der Waals surface area contributed by atoms with Crippen molar-refractivity contribution in [3.05, 3.63) is 22.4 Å². The summed E-state index contributed by atoms with van der Waals surface area (Å²) in [6, 6.07) is 4.25. The van der Waals surface area contributed by atoms with Crippen LogP contribution in [0.1, 0.15) is 62.3 Å². The van der Waals surface area contributed by atoms with Crippen LogP contribution in [0.2, 0.25) is 0 Å². The molecular formula is C21H29N3O2S. The molecule has 2 N–H and O–H groups in total. The van der Waals surface area contributed by atoms with E-state index in [9.17, 15) is 9.59 Å². The first-order valence-corrected chi connectivity index (χ1v) is 11.4. The van der Waals surface area contributed by atoms with E-state index in [2.05, 4.69) is 33.0 Å². The number of rotatable bonds is 4. The average molecular weight is 388 g/mol. The van der Waals surface area contributed by atoms with Crippen LogP contribution >= 0.6 is 11.3 Å². The van der Waals surface area contributed by atoms with Crippen molar-refractivity contribution in [2.45, 2.75) is 62.9 Å². The van der Waals surface area contributed by atoms with Gasteiger partial charge in [-0.1, -0.05) is 6.07 Å². The summed E-state index contributed by atoms with van der Waals surface area (Å²) in [7, 11) is 0. The summed E-state index contributed by atoms with van der Waals surface area (Å²) in [5.74, 6) is 2.16. The largest absolute Gasteiger partial charge is 0.332 e. The lowest BCUT2D eigenvalue weighted by atomic mass is 9.53. The molecule has 6 heteroatoms. The molecule has 1 aromatic rings. The normalized spacial score (nSPS) is 37.5. The Morgan fingerprint density at radius 1 is 1.15 bits per heavy atom. The molecule has 5 aliphatic rings. The first-order valence-electron chi connectivity index (χ1n) is 10.5. The molecule has 3 amide bonds. The highest BCUT2D eigenvalue weighted by Gasteiger charge is 2.51. The molecule has 0 radical (unpaired) electrons. The summed E-state index contributed by atoms with van der Waals surface area (Å²) >= 11 is 1.75. The molecule has 1 aliphatic heterocycles. The molecule has 5 nitrogen and oxygen atoms in total. The highest BCUT2D eigenvalue weighted by molar-refractivity contribution is 7.10. The van der Waals surface area contributed by atoms with Crippen LogP contribution in [0.4, 0.5) is 4.79 Å². The first-order chi connectivity index (χ1) is 13.1. The summed E-state index contributed by atoms with van der Waals surface area (Å²) < 4.78 is 0. The van der Waals surface area contributed by atoms with E-state index in [-0.39, 0.29) is 17.5 Å². The lowest BCUT2D eigenvalue weighted by Gasteiger charge is -2.56. The second-order valence-electron chi connectivity index (χ2n) is 9.34. The number of amides is 3. The van der Waals surface area contributed by atoms with Crippen LogP contribution in [0.5, 0.6) is 0 Å². The fourth-order valence-electron chi connectivity index (χ4n) is 6.70. The van der Waals surface area contributed by atoms with E-state index in [0.717, 1.165) is 56.4 Å². The minimum absolute atomic E-state index is 0.0493. The van der Waals surface area contributed by atoms with Crippen LogP contribution < -0.4 is 10.6 Å². The number of hydrogen-bond acceptors (Lipinski definition) is 4. The molecule has 4 bridgehead atoms. The fourth-order valence-corrected chi connectivity index (χ4v) is 7.60. The van der Waals surface area contributed by atoms with Gasteiger partial charge in [-0.2, -0.15) is 0 Å². The molecule has 1 aromatic heterocycles. The van der Waals surface area contributed by atoms with Crippen LogP contribution in [0.25, 0.3) is 0 Å². The molecule has 1 atom stereocenters. The number of carbonyl (C=O) groups is 2. The van der Waals surface area contributed by atoms with E-state index in [0.29, 0.717) is 12.6 Å². The van der Waals surface area contributed by atoms with Crippen LogP contribution in [0.3, 0.4) is 0 Å². The summed E-state index contributed by atoms with van der Waals surface area (Å²) in [5.41, 5.74) is -0.0493. The van der Waals surface area contributed by atoms with Gasteiger partial charge in [-0.3, -0.25) is 15.0 Å². The van der Waals surface area contributed by atoms with Crippen LogP contribution in [0.15, 0.2) is 17.5 Å². The van der Waals surface area contributed by atoms with E-state index >= 15 is 0 Å². The summed E-state index contributed by atoms with van der Waals surface area (Å²) in [6.07, 6.45) is 9.55. The summed E-state index contributed by atoms with van der Waals surface area (Å²) in [5, 5.41) is 7.94. The summed E-state index contributed by atoms with van der Waals surface area (Å²) in [6.45, 7) is 1.23. The molecule has 146 valence electrons. The van der Waals surface area contributed by atoms with Gasteiger partial charge >= 0.3 is 6.03 Å². The zero-order valence-corrected chi connectivity index (χ0v) is 16.6. The minimum atomic E-state index is -0.283. The van der Waals surface area contributed by atoms with Crippen molar-refractivity contribution in [1.29, 1.82) is 0 Å². The lowest BCUT2D eigenvalue weighted by molar-refractivity contribution is -0.121. The third-order valence-corrected chi connectivity index (χ3v) is 8.23. The number of carbonyl (C=O) groups excluding carboxylic acids is 2. The van der Waals surface area contributed by atoms with Crippen LogP contribution in [-0.2, 0) is 4.79 Å². The van der Waals surface area contributed by atoms with Gasteiger partial charge in [0.05, 0.1) is 6.54 Å². The Labute approximate surface area is 164 Å². The Morgan fingerprint density at radius 3 is 2.48 bits per heavy atom. The standard InChI is InChI=1S/C21H29N3O2S/c25-19(13-24-5-1-3-17(24)18-4-2-6-27-18)22-20(26)23-21-10-14-7-15(11-21)9-16(8-14)12-21/h2,4,6,14-17H,1,3,5,7-13H2,(H2,22,23,25,26)/t14?,15?,16?,17-,21?/m0/s1. The Hall–Kier alpha value is -1.40. The van der Waals surface area contributed by atoms with Gasteiger partial charge in [-0.05, 0) is 87.1 Å². The van der Waals surface area contributed by atoms with Gasteiger partial charge in [0.1, 0.15) is 0 Å². The highest BCUT2D eigenvalue weighted by Crippen LogP contribution is 2.55. The van der Waals surface area contributed by atoms with Crippen molar-refractivity contribution in [3.8, 4) is 0 Å². The van der Waals surface area contributed by atoms with Crippen molar-refractivity contribution in [3.63, 3.8) is 0 Å². The smallest absolute Gasteiger partial charge is 0.321 e. The topological polar surface area (TPSA) is 61.4 Å². The van der Waals surface area contributed by atoms with E-state index in [1.54, 1.807) is 11.3 Å².